The van der Waals surface area contributed by atoms with Gasteiger partial charge in [0.15, 0.2) is 0 Å². The molecule has 1 aromatic carbocycles. The Morgan fingerprint density at radius 1 is 1.24 bits per heavy atom. The van der Waals surface area contributed by atoms with Crippen molar-refractivity contribution >= 4 is 0 Å². The van der Waals surface area contributed by atoms with Gasteiger partial charge in [-0.05, 0) is 49.9 Å². The maximum Gasteiger partial charge on any atom is 0.119 e. The van der Waals surface area contributed by atoms with Crippen LogP contribution in [0, 0.1) is 0 Å². The summed E-state index contributed by atoms with van der Waals surface area (Å²) >= 11 is 0. The molecule has 0 spiro atoms. The quantitative estimate of drug-likeness (QED) is 0.871. The number of ether oxygens (including phenoxy) is 1. The molecule has 2 rings (SSSR count). The summed E-state index contributed by atoms with van der Waals surface area (Å²) in [6.07, 6.45) is 3.38. The molecule has 21 heavy (non-hydrogen) atoms. The lowest BCUT2D eigenvalue weighted by Crippen LogP contribution is -2.43. The Balaban J connectivity index is 1.76. The van der Waals surface area contributed by atoms with Crippen molar-refractivity contribution in [3.8, 4) is 5.75 Å². The van der Waals surface area contributed by atoms with Crippen LogP contribution in [0.4, 0.5) is 0 Å². The maximum atomic E-state index is 10.2. The van der Waals surface area contributed by atoms with Crippen LogP contribution in [0.3, 0.4) is 0 Å². The standard InChI is InChI=1S/C18H29NO2/c1-14(2)16-7-9-18(10-8-16)21-13-17(20)12-19-11-5-4-6-15(19)3/h7-10,14-15,17,20H,4-6,11-13H2,1-3H3. The highest BCUT2D eigenvalue weighted by atomic mass is 16.5. The summed E-state index contributed by atoms with van der Waals surface area (Å²) in [5.74, 6) is 1.37. The van der Waals surface area contributed by atoms with Gasteiger partial charge in [-0.3, -0.25) is 4.90 Å². The number of hydrogen-bond acceptors (Lipinski definition) is 3. The van der Waals surface area contributed by atoms with Crippen LogP contribution in [0.15, 0.2) is 24.3 Å². The van der Waals surface area contributed by atoms with Crippen LogP contribution >= 0.6 is 0 Å². The fourth-order valence-corrected chi connectivity index (χ4v) is 2.89. The fourth-order valence-electron chi connectivity index (χ4n) is 2.89. The Bertz CT molecular complexity index is 416. The normalized spacial score (nSPS) is 21.5. The van der Waals surface area contributed by atoms with E-state index >= 15 is 0 Å². The molecule has 118 valence electrons. The maximum absolute atomic E-state index is 10.2. The molecule has 0 radical (unpaired) electrons. The second kappa shape index (κ2) is 7.81. The number of benzene rings is 1. The van der Waals surface area contributed by atoms with Gasteiger partial charge in [-0.1, -0.05) is 32.4 Å². The Labute approximate surface area is 128 Å². The molecule has 1 aromatic rings. The second-order valence-electron chi connectivity index (χ2n) is 6.53. The highest BCUT2D eigenvalue weighted by Gasteiger charge is 2.20. The number of hydrogen-bond donors (Lipinski definition) is 1. The summed E-state index contributed by atoms with van der Waals surface area (Å²) in [7, 11) is 0. The molecule has 1 aliphatic rings. The minimum atomic E-state index is -0.421. The summed E-state index contributed by atoms with van der Waals surface area (Å²) in [5, 5.41) is 10.2. The molecule has 0 aliphatic carbocycles. The van der Waals surface area contributed by atoms with E-state index < -0.39 is 6.10 Å². The first-order chi connectivity index (χ1) is 10.1. The summed E-state index contributed by atoms with van der Waals surface area (Å²) in [4.78, 5) is 2.37. The van der Waals surface area contributed by atoms with Gasteiger partial charge < -0.3 is 9.84 Å². The van der Waals surface area contributed by atoms with Gasteiger partial charge in [0, 0.05) is 12.6 Å². The minimum Gasteiger partial charge on any atom is -0.491 e. The number of β-amino-alcohol motifs (C(OH)–C–C–N with tert-alkyl or cyclic N) is 1. The van der Waals surface area contributed by atoms with Crippen molar-refractivity contribution in [1.29, 1.82) is 0 Å². The molecular weight excluding hydrogens is 262 g/mol. The van der Waals surface area contributed by atoms with Crippen molar-refractivity contribution in [3.05, 3.63) is 29.8 Å². The Morgan fingerprint density at radius 3 is 2.57 bits per heavy atom. The molecule has 1 N–H and O–H groups in total. The average molecular weight is 291 g/mol. The van der Waals surface area contributed by atoms with Gasteiger partial charge in [0.25, 0.3) is 0 Å². The van der Waals surface area contributed by atoms with E-state index in [-0.39, 0.29) is 0 Å². The SMILES string of the molecule is CC(C)c1ccc(OCC(O)CN2CCCCC2C)cc1. The largest absolute Gasteiger partial charge is 0.491 e. The average Bonchev–Trinajstić information content (AvgIpc) is 2.48. The fraction of sp³-hybridized carbons (Fsp3) is 0.667. The second-order valence-corrected chi connectivity index (χ2v) is 6.53. The van der Waals surface area contributed by atoms with E-state index in [4.69, 9.17) is 4.74 Å². The Kier molecular flexibility index (Phi) is 6.07. The van der Waals surface area contributed by atoms with E-state index in [0.717, 1.165) is 12.3 Å². The highest BCUT2D eigenvalue weighted by molar-refractivity contribution is 5.28. The van der Waals surface area contributed by atoms with Gasteiger partial charge in [0.1, 0.15) is 18.5 Å². The topological polar surface area (TPSA) is 32.7 Å². The molecule has 0 bridgehead atoms. The first kappa shape index (κ1) is 16.3. The molecule has 0 saturated carbocycles. The molecule has 3 heteroatoms. The van der Waals surface area contributed by atoms with Crippen LogP contribution < -0.4 is 4.74 Å². The van der Waals surface area contributed by atoms with E-state index in [2.05, 4.69) is 37.8 Å². The van der Waals surface area contributed by atoms with Crippen LogP contribution in [0.25, 0.3) is 0 Å². The molecule has 2 atom stereocenters. The first-order valence-corrected chi connectivity index (χ1v) is 8.21. The molecule has 0 amide bonds. The van der Waals surface area contributed by atoms with Crippen molar-refractivity contribution in [1.82, 2.24) is 4.90 Å². The molecule has 1 heterocycles. The van der Waals surface area contributed by atoms with Crippen molar-refractivity contribution in [3.63, 3.8) is 0 Å². The number of aliphatic hydroxyl groups excluding tert-OH is 1. The van der Waals surface area contributed by atoms with E-state index in [0.29, 0.717) is 25.1 Å². The Hall–Kier alpha value is -1.06. The number of aliphatic hydroxyl groups is 1. The molecule has 1 saturated heterocycles. The number of rotatable bonds is 6. The van der Waals surface area contributed by atoms with Crippen LogP contribution in [-0.4, -0.2) is 41.8 Å². The molecule has 1 aliphatic heterocycles. The van der Waals surface area contributed by atoms with Gasteiger partial charge >= 0.3 is 0 Å². The van der Waals surface area contributed by atoms with Crippen LogP contribution in [-0.2, 0) is 0 Å². The predicted octanol–water partition coefficient (Wildman–Crippen LogP) is 3.42. The van der Waals surface area contributed by atoms with Crippen LogP contribution in [0.1, 0.15) is 51.5 Å². The van der Waals surface area contributed by atoms with Gasteiger partial charge in [-0.15, -0.1) is 0 Å². The van der Waals surface area contributed by atoms with Crippen LogP contribution in [0.5, 0.6) is 5.75 Å². The van der Waals surface area contributed by atoms with E-state index in [1.54, 1.807) is 0 Å². The Morgan fingerprint density at radius 2 is 1.95 bits per heavy atom. The smallest absolute Gasteiger partial charge is 0.119 e. The van der Waals surface area contributed by atoms with E-state index in [9.17, 15) is 5.11 Å². The number of nitrogens with zero attached hydrogens (tertiary/aromatic N) is 1. The molecule has 2 unspecified atom stereocenters. The summed E-state index contributed by atoms with van der Waals surface area (Å²) in [5.41, 5.74) is 1.31. The first-order valence-electron chi connectivity index (χ1n) is 8.21. The van der Waals surface area contributed by atoms with Gasteiger partial charge in [-0.25, -0.2) is 0 Å². The van der Waals surface area contributed by atoms with Crippen molar-refractivity contribution in [2.75, 3.05) is 19.7 Å². The van der Waals surface area contributed by atoms with E-state index in [1.165, 1.54) is 24.8 Å². The zero-order valence-corrected chi connectivity index (χ0v) is 13.6. The van der Waals surface area contributed by atoms with Crippen molar-refractivity contribution in [2.24, 2.45) is 0 Å². The van der Waals surface area contributed by atoms with Gasteiger partial charge in [0.05, 0.1) is 0 Å². The van der Waals surface area contributed by atoms with Crippen molar-refractivity contribution in [2.45, 2.75) is 58.1 Å². The third-order valence-electron chi connectivity index (χ3n) is 4.37. The molecular formula is C18H29NO2. The van der Waals surface area contributed by atoms with E-state index in [1.807, 2.05) is 12.1 Å². The van der Waals surface area contributed by atoms with Crippen molar-refractivity contribution < 1.29 is 9.84 Å². The lowest BCUT2D eigenvalue weighted by Gasteiger charge is -2.34. The predicted molar refractivity (Wildman–Crippen MR) is 86.9 cm³/mol. The number of piperidine rings is 1. The van der Waals surface area contributed by atoms with Crippen LogP contribution in [0.2, 0.25) is 0 Å². The number of likely N-dealkylation sites (tertiary alicyclic amines) is 1. The lowest BCUT2D eigenvalue weighted by molar-refractivity contribution is 0.0438. The molecule has 3 nitrogen and oxygen atoms in total. The lowest BCUT2D eigenvalue weighted by atomic mass is 10.0. The molecule has 1 fully saturated rings. The summed E-state index contributed by atoms with van der Waals surface area (Å²) in [6, 6.07) is 8.76. The zero-order chi connectivity index (χ0) is 15.2. The zero-order valence-electron chi connectivity index (χ0n) is 13.6. The summed E-state index contributed by atoms with van der Waals surface area (Å²) in [6.45, 7) is 8.78. The molecule has 0 aromatic heterocycles. The minimum absolute atomic E-state index is 0.365. The highest BCUT2D eigenvalue weighted by Crippen LogP contribution is 2.19. The monoisotopic (exact) mass is 291 g/mol. The van der Waals surface area contributed by atoms with Gasteiger partial charge in [-0.2, -0.15) is 0 Å². The third kappa shape index (κ3) is 5.01. The summed E-state index contributed by atoms with van der Waals surface area (Å²) < 4.78 is 5.70. The third-order valence-corrected chi connectivity index (χ3v) is 4.37. The van der Waals surface area contributed by atoms with Gasteiger partial charge in [0.2, 0.25) is 0 Å².